The lowest BCUT2D eigenvalue weighted by atomic mass is 9.96. The summed E-state index contributed by atoms with van der Waals surface area (Å²) in [5.41, 5.74) is 4.57. The van der Waals surface area contributed by atoms with Crippen molar-refractivity contribution in [2.75, 3.05) is 12.9 Å². The fourth-order valence-corrected chi connectivity index (χ4v) is 3.46. The molecule has 2 nitrogen and oxygen atoms in total. The van der Waals surface area contributed by atoms with Crippen LogP contribution in [0.25, 0.3) is 5.57 Å². The van der Waals surface area contributed by atoms with Gasteiger partial charge in [0.15, 0.2) is 9.84 Å². The van der Waals surface area contributed by atoms with Gasteiger partial charge in [0.05, 0.1) is 4.90 Å². The topological polar surface area (TPSA) is 34.1 Å². The first-order valence-corrected chi connectivity index (χ1v) is 9.28. The zero-order valence-electron chi connectivity index (χ0n) is 13.0. The van der Waals surface area contributed by atoms with Crippen LogP contribution in [-0.4, -0.2) is 21.3 Å². The molecule has 118 valence electrons. The van der Waals surface area contributed by atoms with Crippen LogP contribution in [0.15, 0.2) is 58.5 Å². The lowest BCUT2D eigenvalue weighted by Gasteiger charge is -2.10. The van der Waals surface area contributed by atoms with Crippen LogP contribution in [0.5, 0.6) is 0 Å². The van der Waals surface area contributed by atoms with E-state index in [0.717, 1.165) is 30.4 Å². The third-order valence-corrected chi connectivity index (χ3v) is 5.02. The first kappa shape index (κ1) is 16.7. The minimum atomic E-state index is -3.17. The predicted molar refractivity (Wildman–Crippen MR) is 89.2 cm³/mol. The van der Waals surface area contributed by atoms with Crippen molar-refractivity contribution in [3.05, 3.63) is 59.2 Å². The monoisotopic (exact) mass is 320 g/mol. The Bertz CT molecular complexity index is 723. The van der Waals surface area contributed by atoms with Crippen LogP contribution in [0.2, 0.25) is 0 Å². The van der Waals surface area contributed by atoms with Crippen LogP contribution in [0, 0.1) is 0 Å². The Hall–Kier alpha value is -1.68. The van der Waals surface area contributed by atoms with Crippen LogP contribution >= 0.6 is 0 Å². The molecule has 0 bridgehead atoms. The standard InChI is InChI=1S/C18H21FO2S/c1-3-14(6-5-13-19)17-7-4-8-18(17)15-9-11-16(12-10-15)22(2,20)21/h3,5-6,9-12H,4,7-8,13H2,1-2H3/b6-5-,14-3+. The summed E-state index contributed by atoms with van der Waals surface area (Å²) in [5.74, 6) is 0. The number of rotatable bonds is 5. The number of halogens is 1. The predicted octanol–water partition coefficient (Wildman–Crippen LogP) is 4.50. The van der Waals surface area contributed by atoms with Crippen molar-refractivity contribution in [2.24, 2.45) is 0 Å². The van der Waals surface area contributed by atoms with E-state index >= 15 is 0 Å². The summed E-state index contributed by atoms with van der Waals surface area (Å²) in [5, 5.41) is 0. The second kappa shape index (κ2) is 7.05. The molecule has 0 fully saturated rings. The third kappa shape index (κ3) is 3.74. The number of alkyl halides is 1. The summed E-state index contributed by atoms with van der Waals surface area (Å²) < 4.78 is 35.4. The molecule has 0 radical (unpaired) electrons. The lowest BCUT2D eigenvalue weighted by molar-refractivity contribution is 0.561. The summed E-state index contributed by atoms with van der Waals surface area (Å²) in [6.45, 7) is 1.48. The molecular formula is C18H21FO2S. The molecule has 2 rings (SSSR count). The average molecular weight is 320 g/mol. The molecule has 1 aliphatic rings. The highest BCUT2D eigenvalue weighted by molar-refractivity contribution is 7.90. The molecule has 1 aromatic rings. The van der Waals surface area contributed by atoms with Crippen molar-refractivity contribution in [1.82, 2.24) is 0 Å². The molecule has 1 aromatic carbocycles. The SMILES string of the molecule is C/C=C(\C=C/CF)C1=C(c2ccc(S(C)(=O)=O)cc2)CCC1. The molecule has 0 aliphatic heterocycles. The zero-order valence-corrected chi connectivity index (χ0v) is 13.8. The Morgan fingerprint density at radius 1 is 1.23 bits per heavy atom. The van der Waals surface area contributed by atoms with Gasteiger partial charge in [0.2, 0.25) is 0 Å². The van der Waals surface area contributed by atoms with Gasteiger partial charge < -0.3 is 0 Å². The van der Waals surface area contributed by atoms with E-state index in [1.807, 2.05) is 31.2 Å². The molecule has 0 amide bonds. The van der Waals surface area contributed by atoms with Crippen LogP contribution in [0.3, 0.4) is 0 Å². The van der Waals surface area contributed by atoms with E-state index in [4.69, 9.17) is 0 Å². The summed E-state index contributed by atoms with van der Waals surface area (Å²) in [6, 6.07) is 7.03. The van der Waals surface area contributed by atoms with Crippen molar-refractivity contribution in [1.29, 1.82) is 0 Å². The lowest BCUT2D eigenvalue weighted by Crippen LogP contribution is -1.97. The van der Waals surface area contributed by atoms with Gasteiger partial charge in [-0.2, -0.15) is 0 Å². The van der Waals surface area contributed by atoms with Gasteiger partial charge in [0.25, 0.3) is 0 Å². The maximum atomic E-state index is 12.4. The Kier molecular flexibility index (Phi) is 5.35. The molecular weight excluding hydrogens is 299 g/mol. The van der Waals surface area contributed by atoms with E-state index in [1.165, 1.54) is 23.5 Å². The van der Waals surface area contributed by atoms with Gasteiger partial charge in [0, 0.05) is 6.26 Å². The van der Waals surface area contributed by atoms with Crippen LogP contribution in [-0.2, 0) is 9.84 Å². The molecule has 0 aromatic heterocycles. The molecule has 0 atom stereocenters. The number of allylic oxidation sites excluding steroid dienone is 6. The number of hydrogen-bond acceptors (Lipinski definition) is 2. The van der Waals surface area contributed by atoms with Crippen molar-refractivity contribution in [2.45, 2.75) is 31.1 Å². The van der Waals surface area contributed by atoms with Gasteiger partial charge >= 0.3 is 0 Å². The maximum absolute atomic E-state index is 12.4. The van der Waals surface area contributed by atoms with Crippen molar-refractivity contribution < 1.29 is 12.8 Å². The summed E-state index contributed by atoms with van der Waals surface area (Å²) >= 11 is 0. The number of sulfone groups is 1. The molecule has 0 saturated heterocycles. The highest BCUT2D eigenvalue weighted by Crippen LogP contribution is 2.38. The zero-order chi connectivity index (χ0) is 16.2. The van der Waals surface area contributed by atoms with Crippen LogP contribution < -0.4 is 0 Å². The summed E-state index contributed by atoms with van der Waals surface area (Å²) in [6.07, 6.45) is 9.56. The third-order valence-electron chi connectivity index (χ3n) is 3.89. The maximum Gasteiger partial charge on any atom is 0.175 e. The molecule has 22 heavy (non-hydrogen) atoms. The minimum Gasteiger partial charge on any atom is -0.247 e. The van der Waals surface area contributed by atoms with Crippen molar-refractivity contribution in [3.63, 3.8) is 0 Å². The van der Waals surface area contributed by atoms with E-state index in [9.17, 15) is 12.8 Å². The molecule has 0 unspecified atom stereocenters. The minimum absolute atomic E-state index is 0.333. The first-order chi connectivity index (χ1) is 10.5. The molecule has 4 heteroatoms. The fourth-order valence-electron chi connectivity index (χ4n) is 2.83. The van der Waals surface area contributed by atoms with Crippen molar-refractivity contribution in [3.8, 4) is 0 Å². The normalized spacial score (nSPS) is 16.8. The number of benzene rings is 1. The Balaban J connectivity index is 2.41. The number of hydrogen-bond donors (Lipinski definition) is 0. The highest BCUT2D eigenvalue weighted by atomic mass is 32.2. The van der Waals surface area contributed by atoms with E-state index in [2.05, 4.69) is 0 Å². The van der Waals surface area contributed by atoms with E-state index in [0.29, 0.717) is 4.90 Å². The van der Waals surface area contributed by atoms with Gasteiger partial charge in [-0.25, -0.2) is 12.8 Å². The Labute approximate surface area is 132 Å². The molecule has 0 N–H and O–H groups in total. The van der Waals surface area contributed by atoms with Crippen molar-refractivity contribution >= 4 is 15.4 Å². The second-order valence-electron chi connectivity index (χ2n) is 5.41. The molecule has 0 saturated carbocycles. The van der Waals surface area contributed by atoms with Gasteiger partial charge in [-0.3, -0.25) is 0 Å². The van der Waals surface area contributed by atoms with E-state index in [1.54, 1.807) is 12.1 Å². The van der Waals surface area contributed by atoms with Gasteiger partial charge in [-0.1, -0.05) is 30.4 Å². The Morgan fingerprint density at radius 2 is 1.91 bits per heavy atom. The molecule has 0 spiro atoms. The smallest absolute Gasteiger partial charge is 0.175 e. The van der Waals surface area contributed by atoms with E-state index in [-0.39, 0.29) is 0 Å². The van der Waals surface area contributed by atoms with Gasteiger partial charge in [-0.05, 0) is 60.6 Å². The van der Waals surface area contributed by atoms with E-state index < -0.39 is 16.5 Å². The molecule has 0 heterocycles. The Morgan fingerprint density at radius 3 is 2.45 bits per heavy atom. The summed E-state index contributed by atoms with van der Waals surface area (Å²) in [7, 11) is -3.17. The van der Waals surface area contributed by atoms with Crippen LogP contribution in [0.4, 0.5) is 4.39 Å². The van der Waals surface area contributed by atoms with Gasteiger partial charge in [0.1, 0.15) is 6.67 Å². The van der Waals surface area contributed by atoms with Crippen LogP contribution in [0.1, 0.15) is 31.7 Å². The quantitative estimate of drug-likeness (QED) is 0.749. The second-order valence-corrected chi connectivity index (χ2v) is 7.42. The average Bonchev–Trinajstić information content (AvgIpc) is 2.97. The highest BCUT2D eigenvalue weighted by Gasteiger charge is 2.18. The summed E-state index contributed by atoms with van der Waals surface area (Å²) in [4.78, 5) is 0.333. The molecule has 1 aliphatic carbocycles. The van der Waals surface area contributed by atoms with Gasteiger partial charge in [-0.15, -0.1) is 0 Å². The first-order valence-electron chi connectivity index (χ1n) is 7.39. The fraction of sp³-hybridized carbons (Fsp3) is 0.333. The largest absolute Gasteiger partial charge is 0.247 e.